The molecule has 0 spiro atoms. The highest BCUT2D eigenvalue weighted by atomic mass is 16.7. The second-order valence-corrected chi connectivity index (χ2v) is 11.6. The van der Waals surface area contributed by atoms with Crippen molar-refractivity contribution in [2.24, 2.45) is 16.7 Å². The van der Waals surface area contributed by atoms with Crippen LogP contribution in [0.4, 0.5) is 0 Å². The smallest absolute Gasteiger partial charge is 0.343 e. The monoisotopic (exact) mass is 536 g/mol. The lowest BCUT2D eigenvalue weighted by Gasteiger charge is -2.68. The number of furan rings is 1. The van der Waals surface area contributed by atoms with Gasteiger partial charge in [-0.3, -0.25) is 0 Å². The van der Waals surface area contributed by atoms with Crippen LogP contribution in [0, 0.1) is 16.7 Å². The van der Waals surface area contributed by atoms with Gasteiger partial charge in [-0.15, -0.1) is 0 Å². The highest BCUT2D eigenvalue weighted by molar-refractivity contribution is 5.88. The van der Waals surface area contributed by atoms with Crippen LogP contribution in [-0.2, 0) is 28.5 Å². The Bertz CT molecular complexity index is 1150. The van der Waals surface area contributed by atoms with Gasteiger partial charge in [-0.1, -0.05) is 13.8 Å². The van der Waals surface area contributed by atoms with E-state index in [4.69, 9.17) is 23.4 Å². The number of fused-ring (bicyclic) bond motifs is 2. The van der Waals surface area contributed by atoms with E-state index >= 15 is 0 Å². The van der Waals surface area contributed by atoms with Crippen LogP contribution in [0.2, 0.25) is 0 Å². The second-order valence-electron chi connectivity index (χ2n) is 11.6. The van der Waals surface area contributed by atoms with E-state index in [9.17, 15) is 35.1 Å². The van der Waals surface area contributed by atoms with Crippen molar-refractivity contribution in [3.8, 4) is 0 Å². The Kier molecular flexibility index (Phi) is 5.69. The van der Waals surface area contributed by atoms with Crippen molar-refractivity contribution in [2.45, 2.75) is 87.2 Å². The zero-order valence-corrected chi connectivity index (χ0v) is 20.9. The molecule has 208 valence electrons. The first-order valence-electron chi connectivity index (χ1n) is 12.8. The lowest BCUT2D eigenvalue weighted by atomic mass is 9.41. The van der Waals surface area contributed by atoms with Gasteiger partial charge in [0, 0.05) is 22.3 Å². The summed E-state index contributed by atoms with van der Waals surface area (Å²) >= 11 is 0. The van der Waals surface area contributed by atoms with Crippen molar-refractivity contribution >= 4 is 11.9 Å². The van der Waals surface area contributed by atoms with Gasteiger partial charge in [0.2, 0.25) is 0 Å². The molecule has 12 heteroatoms. The average molecular weight is 537 g/mol. The standard InChI is InChI=1S/C26H32O12/c1-23-6-7-25(33)21(31)37-14(12-4-8-34-11-12)9-24(25,2)19(23)13-3-5-26(23,22(32)36-13)38-20-18(30)17(29)16(28)15(10-27)35-20/h3-5,8,11,13-20,27-30,33H,6-7,9-10H2,1-2H3/t13-,14+,15-,16-,17+,18-,19-,20+,23-,24+,25-,26+/m1/s1. The summed E-state index contributed by atoms with van der Waals surface area (Å²) in [5.41, 5.74) is -5.25. The molecule has 6 aliphatic rings. The first-order chi connectivity index (χ1) is 17.9. The first kappa shape index (κ1) is 25.9. The lowest BCUT2D eigenvalue weighted by Crippen LogP contribution is -2.78. The summed E-state index contributed by atoms with van der Waals surface area (Å²) in [6.07, 6.45) is -2.89. The Balaban J connectivity index is 1.41. The average Bonchev–Trinajstić information content (AvgIpc) is 3.42. The third-order valence-electron chi connectivity index (χ3n) is 9.83. The predicted molar refractivity (Wildman–Crippen MR) is 123 cm³/mol. The Morgan fingerprint density at radius 2 is 1.79 bits per heavy atom. The quantitative estimate of drug-likeness (QED) is 0.245. The fourth-order valence-electron chi connectivity index (χ4n) is 7.63. The summed E-state index contributed by atoms with van der Waals surface area (Å²) in [4.78, 5) is 26.8. The molecule has 4 aliphatic heterocycles. The zero-order valence-electron chi connectivity index (χ0n) is 20.9. The largest absolute Gasteiger partial charge is 0.472 e. The summed E-state index contributed by atoms with van der Waals surface area (Å²) in [6.45, 7) is 2.94. The highest BCUT2D eigenvalue weighted by Gasteiger charge is 2.78. The Morgan fingerprint density at radius 3 is 2.45 bits per heavy atom. The van der Waals surface area contributed by atoms with E-state index < -0.39 is 89.4 Å². The van der Waals surface area contributed by atoms with Crippen LogP contribution in [0.5, 0.6) is 0 Å². The van der Waals surface area contributed by atoms with Gasteiger partial charge in [0.1, 0.15) is 36.6 Å². The van der Waals surface area contributed by atoms with Gasteiger partial charge in [0.15, 0.2) is 17.5 Å². The molecule has 12 atom stereocenters. The molecule has 0 radical (unpaired) electrons. The number of cyclic esters (lactones) is 1. The molecule has 12 nitrogen and oxygen atoms in total. The van der Waals surface area contributed by atoms with Gasteiger partial charge in [0.05, 0.1) is 19.1 Å². The first-order valence-corrected chi connectivity index (χ1v) is 12.8. The summed E-state index contributed by atoms with van der Waals surface area (Å²) in [5.74, 6) is -2.12. The van der Waals surface area contributed by atoms with Gasteiger partial charge < -0.3 is 48.9 Å². The van der Waals surface area contributed by atoms with Crippen molar-refractivity contribution in [2.75, 3.05) is 6.61 Å². The van der Waals surface area contributed by atoms with E-state index in [0.717, 1.165) is 0 Å². The number of carbonyl (C=O) groups excluding carboxylic acids is 2. The summed E-state index contributed by atoms with van der Waals surface area (Å²) in [6, 6.07) is 1.68. The third-order valence-corrected chi connectivity index (χ3v) is 9.83. The van der Waals surface area contributed by atoms with Crippen molar-refractivity contribution in [1.29, 1.82) is 0 Å². The van der Waals surface area contributed by atoms with E-state index in [2.05, 4.69) is 0 Å². The van der Waals surface area contributed by atoms with Crippen LogP contribution in [-0.4, -0.2) is 92.1 Å². The molecule has 5 N–H and O–H groups in total. The van der Waals surface area contributed by atoms with E-state index in [-0.39, 0.29) is 19.3 Å². The molecule has 1 aromatic heterocycles. The maximum atomic E-state index is 13.5. The van der Waals surface area contributed by atoms with E-state index in [0.29, 0.717) is 5.56 Å². The zero-order chi connectivity index (χ0) is 27.3. The molecular formula is C26H32O12. The molecule has 3 saturated heterocycles. The number of carbonyl (C=O) groups is 2. The molecule has 0 amide bonds. The van der Waals surface area contributed by atoms with E-state index in [1.54, 1.807) is 25.1 Å². The van der Waals surface area contributed by atoms with E-state index in [1.807, 2.05) is 6.92 Å². The molecular weight excluding hydrogens is 504 g/mol. The third kappa shape index (κ3) is 3.10. The predicted octanol–water partition coefficient (Wildman–Crippen LogP) is -0.528. The number of aliphatic hydroxyl groups excluding tert-OH is 4. The molecule has 2 aliphatic carbocycles. The number of hydrogen-bond acceptors (Lipinski definition) is 12. The van der Waals surface area contributed by atoms with Crippen LogP contribution in [0.25, 0.3) is 0 Å². The van der Waals surface area contributed by atoms with Gasteiger partial charge in [0.25, 0.3) is 0 Å². The van der Waals surface area contributed by atoms with Crippen LogP contribution < -0.4 is 0 Å². The maximum Gasteiger partial charge on any atom is 0.343 e. The van der Waals surface area contributed by atoms with Crippen LogP contribution in [0.15, 0.2) is 35.2 Å². The molecule has 0 aromatic carbocycles. The number of ether oxygens (including phenoxy) is 4. The fraction of sp³-hybridized carbons (Fsp3) is 0.692. The Morgan fingerprint density at radius 1 is 1.03 bits per heavy atom. The Hall–Kier alpha value is -2.32. The number of esters is 2. The molecule has 1 saturated carbocycles. The SMILES string of the molecule is C[C@@]12C[C@@H](c3ccoc3)OC(=O)[C@]1(O)CC[C@]1(C)[C@H]2[C@H]2C=C[C@]1(O[C@@H]1O[C@H](CO)[C@@H](O)[C@H](O)[C@H]1O)C(=O)O2. The van der Waals surface area contributed by atoms with E-state index in [1.165, 1.54) is 12.5 Å². The fourth-order valence-corrected chi connectivity index (χ4v) is 7.63. The maximum absolute atomic E-state index is 13.5. The second kappa shape index (κ2) is 8.34. The van der Waals surface area contributed by atoms with Crippen LogP contribution in [0.1, 0.15) is 44.8 Å². The molecule has 4 fully saturated rings. The number of hydrogen-bond donors (Lipinski definition) is 5. The molecule has 38 heavy (non-hydrogen) atoms. The molecule has 7 rings (SSSR count). The Labute approximate surface area is 217 Å². The van der Waals surface area contributed by atoms with Crippen LogP contribution in [0.3, 0.4) is 0 Å². The minimum Gasteiger partial charge on any atom is -0.472 e. The molecule has 0 unspecified atom stereocenters. The minimum absolute atomic E-state index is 0.0267. The number of aliphatic hydroxyl groups is 5. The summed E-state index contributed by atoms with van der Waals surface area (Å²) in [5, 5.41) is 52.6. The lowest BCUT2D eigenvalue weighted by molar-refractivity contribution is -0.356. The van der Waals surface area contributed by atoms with Gasteiger partial charge >= 0.3 is 11.9 Å². The minimum atomic E-state index is -1.86. The van der Waals surface area contributed by atoms with Crippen LogP contribution >= 0.6 is 0 Å². The van der Waals surface area contributed by atoms with Crippen molar-refractivity contribution in [3.63, 3.8) is 0 Å². The topological polar surface area (TPSA) is 185 Å². The molecule has 1 aromatic rings. The van der Waals surface area contributed by atoms with Crippen molar-refractivity contribution in [3.05, 3.63) is 36.3 Å². The normalized spacial score (nSPS) is 51.7. The highest BCUT2D eigenvalue weighted by Crippen LogP contribution is 2.69. The van der Waals surface area contributed by atoms with Gasteiger partial charge in [-0.2, -0.15) is 0 Å². The van der Waals surface area contributed by atoms with Crippen molar-refractivity contribution in [1.82, 2.24) is 0 Å². The van der Waals surface area contributed by atoms with Crippen molar-refractivity contribution < 1.29 is 58.5 Å². The van der Waals surface area contributed by atoms with Gasteiger partial charge in [-0.05, 0) is 37.5 Å². The molecule has 5 heterocycles. The van der Waals surface area contributed by atoms with Gasteiger partial charge in [-0.25, -0.2) is 9.59 Å². The molecule has 2 bridgehead atoms. The summed E-state index contributed by atoms with van der Waals surface area (Å²) in [7, 11) is 0. The summed E-state index contributed by atoms with van der Waals surface area (Å²) < 4.78 is 28.4. The number of rotatable bonds is 4.